The molecule has 1 atom stereocenters. The SMILES string of the molecule is CC1(C)CC(=O)C2=C(C1)c1c(ccc3ccccc13)NC2c1ccc(I)o1. The number of ketones is 1. The zero-order chi connectivity index (χ0) is 18.8. The predicted molar refractivity (Wildman–Crippen MR) is 117 cm³/mol. The van der Waals surface area contributed by atoms with Crippen molar-refractivity contribution in [1.29, 1.82) is 0 Å². The second-order valence-electron chi connectivity index (χ2n) is 8.26. The third-order valence-electron chi connectivity index (χ3n) is 5.62. The van der Waals surface area contributed by atoms with Crippen molar-refractivity contribution in [3.63, 3.8) is 0 Å². The summed E-state index contributed by atoms with van der Waals surface area (Å²) in [7, 11) is 0. The molecule has 3 aromatic rings. The Morgan fingerprint density at radius 2 is 1.89 bits per heavy atom. The summed E-state index contributed by atoms with van der Waals surface area (Å²) in [6.07, 6.45) is 1.47. The van der Waals surface area contributed by atoms with Gasteiger partial charge in [-0.3, -0.25) is 4.79 Å². The maximum atomic E-state index is 13.2. The average molecular weight is 469 g/mol. The molecule has 0 spiro atoms. The molecular weight excluding hydrogens is 449 g/mol. The van der Waals surface area contributed by atoms with Gasteiger partial charge < -0.3 is 9.73 Å². The van der Waals surface area contributed by atoms with E-state index in [4.69, 9.17) is 4.42 Å². The summed E-state index contributed by atoms with van der Waals surface area (Å²) in [6.45, 7) is 4.37. The largest absolute Gasteiger partial charge is 0.453 e. The van der Waals surface area contributed by atoms with Gasteiger partial charge in [-0.15, -0.1) is 0 Å². The van der Waals surface area contributed by atoms with Gasteiger partial charge >= 0.3 is 0 Å². The van der Waals surface area contributed by atoms with Gasteiger partial charge in [-0.05, 0) is 69.0 Å². The Labute approximate surface area is 172 Å². The summed E-state index contributed by atoms with van der Waals surface area (Å²) >= 11 is 2.17. The molecule has 1 unspecified atom stereocenters. The molecule has 2 aromatic carbocycles. The van der Waals surface area contributed by atoms with E-state index in [1.165, 1.54) is 21.9 Å². The lowest BCUT2D eigenvalue weighted by molar-refractivity contribution is -0.118. The molecule has 0 amide bonds. The van der Waals surface area contributed by atoms with Gasteiger partial charge in [-0.25, -0.2) is 0 Å². The third-order valence-corrected chi connectivity index (χ3v) is 6.20. The number of hydrogen-bond acceptors (Lipinski definition) is 3. The van der Waals surface area contributed by atoms with Crippen LogP contribution in [0.2, 0.25) is 0 Å². The molecule has 0 saturated heterocycles. The van der Waals surface area contributed by atoms with Crippen molar-refractivity contribution in [3.05, 3.63) is 69.2 Å². The second-order valence-corrected chi connectivity index (χ2v) is 9.32. The van der Waals surface area contributed by atoms with E-state index in [2.05, 4.69) is 78.2 Å². The van der Waals surface area contributed by atoms with E-state index in [0.717, 1.165) is 27.2 Å². The summed E-state index contributed by atoms with van der Waals surface area (Å²) < 4.78 is 6.75. The van der Waals surface area contributed by atoms with E-state index < -0.39 is 0 Å². The monoisotopic (exact) mass is 469 g/mol. The molecule has 5 rings (SSSR count). The zero-order valence-corrected chi connectivity index (χ0v) is 17.5. The molecule has 0 fully saturated rings. The Hall–Kier alpha value is -2.08. The Morgan fingerprint density at radius 3 is 2.67 bits per heavy atom. The highest BCUT2D eigenvalue weighted by Gasteiger charge is 2.41. The fourth-order valence-corrected chi connectivity index (χ4v) is 4.97. The quantitative estimate of drug-likeness (QED) is 0.423. The maximum Gasteiger partial charge on any atom is 0.164 e. The lowest BCUT2D eigenvalue weighted by Gasteiger charge is -2.39. The van der Waals surface area contributed by atoms with Gasteiger partial charge in [0, 0.05) is 23.2 Å². The van der Waals surface area contributed by atoms with E-state index in [0.29, 0.717) is 6.42 Å². The van der Waals surface area contributed by atoms with Crippen molar-refractivity contribution in [1.82, 2.24) is 0 Å². The first-order valence-corrected chi connectivity index (χ1v) is 10.3. The average Bonchev–Trinajstić information content (AvgIpc) is 3.05. The van der Waals surface area contributed by atoms with Crippen molar-refractivity contribution in [2.45, 2.75) is 32.7 Å². The minimum absolute atomic E-state index is 0.0381. The van der Waals surface area contributed by atoms with Crippen LogP contribution in [0.4, 0.5) is 5.69 Å². The molecule has 4 heteroatoms. The van der Waals surface area contributed by atoms with E-state index in [1.54, 1.807) is 0 Å². The molecule has 3 nitrogen and oxygen atoms in total. The number of carbonyl (C=O) groups is 1. The standard InChI is InChI=1S/C23H20INO2/c1-23(2)11-15-20-14-6-4-3-5-13(14)7-8-16(20)25-22(21(15)17(26)12-23)18-9-10-19(24)27-18/h3-10,22,25H,11-12H2,1-2H3. The lowest BCUT2D eigenvalue weighted by Crippen LogP contribution is -2.33. The number of benzene rings is 2. The van der Waals surface area contributed by atoms with Crippen LogP contribution in [-0.2, 0) is 4.79 Å². The lowest BCUT2D eigenvalue weighted by atomic mass is 9.68. The first-order valence-electron chi connectivity index (χ1n) is 9.23. The number of furan rings is 1. The summed E-state index contributed by atoms with van der Waals surface area (Å²) in [5.74, 6) is 1.03. The zero-order valence-electron chi connectivity index (χ0n) is 15.3. The number of hydrogen-bond donors (Lipinski definition) is 1. The van der Waals surface area contributed by atoms with E-state index >= 15 is 0 Å². The van der Waals surface area contributed by atoms with Crippen molar-refractivity contribution in [3.8, 4) is 0 Å². The van der Waals surface area contributed by atoms with Gasteiger partial charge in [0.1, 0.15) is 11.8 Å². The first-order chi connectivity index (χ1) is 12.9. The van der Waals surface area contributed by atoms with Crippen LogP contribution in [0.15, 0.2) is 58.5 Å². The molecule has 1 aliphatic carbocycles. The molecule has 1 N–H and O–H groups in total. The Bertz CT molecular complexity index is 1120. The van der Waals surface area contributed by atoms with Crippen LogP contribution in [-0.4, -0.2) is 5.78 Å². The van der Waals surface area contributed by atoms with Gasteiger partial charge in [0.25, 0.3) is 0 Å². The molecule has 0 bridgehead atoms. The normalized spacial score (nSPS) is 21.0. The van der Waals surface area contributed by atoms with Gasteiger partial charge in [0.05, 0.1) is 0 Å². The fourth-order valence-electron chi connectivity index (χ4n) is 4.53. The summed E-state index contributed by atoms with van der Waals surface area (Å²) in [4.78, 5) is 13.2. The van der Waals surface area contributed by atoms with Gasteiger partial charge in [-0.2, -0.15) is 0 Å². The highest BCUT2D eigenvalue weighted by Crippen LogP contribution is 2.52. The van der Waals surface area contributed by atoms with E-state index in [9.17, 15) is 4.79 Å². The van der Waals surface area contributed by atoms with Crippen molar-refractivity contribution in [2.75, 3.05) is 5.32 Å². The van der Waals surface area contributed by atoms with Crippen LogP contribution in [0.3, 0.4) is 0 Å². The van der Waals surface area contributed by atoms with Crippen LogP contribution in [0.1, 0.15) is 44.1 Å². The molecule has 1 aliphatic heterocycles. The number of rotatable bonds is 1. The predicted octanol–water partition coefficient (Wildman–Crippen LogP) is 6.35. The molecule has 0 saturated carbocycles. The number of nitrogens with one attached hydrogen (secondary N) is 1. The molecule has 0 radical (unpaired) electrons. The van der Waals surface area contributed by atoms with Crippen molar-refractivity contribution in [2.24, 2.45) is 5.41 Å². The van der Waals surface area contributed by atoms with Gasteiger partial charge in [0.2, 0.25) is 0 Å². The number of Topliss-reactive ketones (excluding diaryl/α,β-unsaturated/α-hetero) is 1. The van der Waals surface area contributed by atoms with Crippen LogP contribution in [0.25, 0.3) is 16.3 Å². The first kappa shape index (κ1) is 17.0. The highest BCUT2D eigenvalue weighted by atomic mass is 127. The summed E-state index contributed by atoms with van der Waals surface area (Å²) in [6, 6.07) is 16.4. The molecular formula is C23H20INO2. The van der Waals surface area contributed by atoms with E-state index in [1.807, 2.05) is 12.1 Å². The minimum Gasteiger partial charge on any atom is -0.453 e. The van der Waals surface area contributed by atoms with Crippen LogP contribution < -0.4 is 5.32 Å². The van der Waals surface area contributed by atoms with E-state index in [-0.39, 0.29) is 17.2 Å². The fraction of sp³-hybridized carbons (Fsp3) is 0.261. The Balaban J connectivity index is 1.81. The number of carbonyl (C=O) groups excluding carboxylic acids is 1. The summed E-state index contributed by atoms with van der Waals surface area (Å²) in [5, 5.41) is 6.00. The third kappa shape index (κ3) is 2.73. The minimum atomic E-state index is -0.222. The van der Waals surface area contributed by atoms with Crippen LogP contribution in [0.5, 0.6) is 0 Å². The van der Waals surface area contributed by atoms with Crippen LogP contribution >= 0.6 is 22.6 Å². The van der Waals surface area contributed by atoms with Crippen LogP contribution in [0, 0.1) is 9.18 Å². The van der Waals surface area contributed by atoms with Crippen molar-refractivity contribution >= 4 is 50.4 Å². The highest BCUT2D eigenvalue weighted by molar-refractivity contribution is 14.1. The number of anilines is 1. The Kier molecular flexibility index (Phi) is 3.76. The van der Waals surface area contributed by atoms with Gasteiger partial charge in [-0.1, -0.05) is 44.2 Å². The molecule has 136 valence electrons. The second kappa shape index (κ2) is 5.96. The number of allylic oxidation sites excluding steroid dienone is 1. The van der Waals surface area contributed by atoms with Gasteiger partial charge in [0.15, 0.2) is 9.55 Å². The van der Waals surface area contributed by atoms with Crippen molar-refractivity contribution < 1.29 is 9.21 Å². The molecule has 1 aromatic heterocycles. The molecule has 27 heavy (non-hydrogen) atoms. The number of fused-ring (bicyclic) bond motifs is 4. The Morgan fingerprint density at radius 1 is 1.07 bits per heavy atom. The topological polar surface area (TPSA) is 42.2 Å². The maximum absolute atomic E-state index is 13.2. The number of halogens is 1. The molecule has 2 aliphatic rings. The molecule has 2 heterocycles. The smallest absolute Gasteiger partial charge is 0.164 e. The summed E-state index contributed by atoms with van der Waals surface area (Å²) in [5.41, 5.74) is 4.28.